The molecule has 160 valence electrons. The second-order valence-electron chi connectivity index (χ2n) is 7.95. The number of hydrogen-bond acceptors (Lipinski definition) is 0. The van der Waals surface area contributed by atoms with Crippen LogP contribution in [0.2, 0.25) is 0 Å². The maximum Gasteiger partial charge on any atom is -0.00257 e. The van der Waals surface area contributed by atoms with Crippen molar-refractivity contribution in [3.63, 3.8) is 0 Å². The lowest BCUT2D eigenvalue weighted by Crippen LogP contribution is -1.92. The van der Waals surface area contributed by atoms with Gasteiger partial charge in [-0.15, -0.1) is 0 Å². The van der Waals surface area contributed by atoms with E-state index >= 15 is 0 Å². The average Bonchev–Trinajstić information content (AvgIpc) is 2.85. The van der Waals surface area contributed by atoms with E-state index in [1.54, 1.807) is 0 Å². The monoisotopic (exact) mass is 416 g/mol. The molecule has 0 aliphatic rings. The lowest BCUT2D eigenvalue weighted by atomic mass is 9.98. The first kappa shape index (κ1) is 23.0. The molecule has 0 saturated carbocycles. The van der Waals surface area contributed by atoms with Crippen molar-refractivity contribution in [2.75, 3.05) is 0 Å². The molecule has 0 fully saturated rings. The van der Waals surface area contributed by atoms with Crippen LogP contribution in [0.4, 0.5) is 0 Å². The standard InChI is InChI=1S/C17H18.C15H14/c1-3-16-11-10-15(13-17(16)4-2)12-14-8-6-5-7-9-14;1-3-13-6-10-15(11-7-13)14-8-4-12(2)5-9-14/h3,5-11,13H,1,4,12H2,2H3;3-11H,1H2,2H3. The first-order valence-corrected chi connectivity index (χ1v) is 11.2. The predicted molar refractivity (Wildman–Crippen MR) is 142 cm³/mol. The third-order valence-electron chi connectivity index (χ3n) is 5.59. The van der Waals surface area contributed by atoms with Crippen LogP contribution in [0.15, 0.2) is 110 Å². The summed E-state index contributed by atoms with van der Waals surface area (Å²) < 4.78 is 0. The minimum absolute atomic E-state index is 1.01. The summed E-state index contributed by atoms with van der Waals surface area (Å²) in [7, 11) is 0. The maximum absolute atomic E-state index is 3.85. The van der Waals surface area contributed by atoms with Crippen LogP contribution < -0.4 is 0 Å². The van der Waals surface area contributed by atoms with Crippen molar-refractivity contribution in [3.05, 3.63) is 144 Å². The number of aryl methyl sites for hydroxylation is 2. The molecular formula is C32H32. The summed E-state index contributed by atoms with van der Waals surface area (Å²) in [5.74, 6) is 0. The predicted octanol–water partition coefficient (Wildman–Crippen LogP) is 8.79. The van der Waals surface area contributed by atoms with E-state index in [9.17, 15) is 0 Å². The van der Waals surface area contributed by atoms with Gasteiger partial charge in [0.2, 0.25) is 0 Å². The van der Waals surface area contributed by atoms with E-state index in [0.717, 1.165) is 18.4 Å². The van der Waals surface area contributed by atoms with Gasteiger partial charge in [-0.2, -0.15) is 0 Å². The van der Waals surface area contributed by atoms with Gasteiger partial charge in [0.25, 0.3) is 0 Å². The van der Waals surface area contributed by atoms with Crippen molar-refractivity contribution in [2.45, 2.75) is 26.7 Å². The first-order valence-electron chi connectivity index (χ1n) is 11.2. The molecule has 0 radical (unpaired) electrons. The van der Waals surface area contributed by atoms with Gasteiger partial charge in [0.05, 0.1) is 0 Å². The molecule has 0 bridgehead atoms. The summed E-state index contributed by atoms with van der Waals surface area (Å²) in [6, 6.07) is 34.2. The molecule has 0 heteroatoms. The van der Waals surface area contributed by atoms with Crippen molar-refractivity contribution in [1.82, 2.24) is 0 Å². The Bertz CT molecular complexity index is 1130. The molecule has 0 aliphatic heterocycles. The topological polar surface area (TPSA) is 0 Å². The summed E-state index contributed by atoms with van der Waals surface area (Å²) >= 11 is 0. The highest BCUT2D eigenvalue weighted by molar-refractivity contribution is 5.65. The van der Waals surface area contributed by atoms with Crippen molar-refractivity contribution >= 4 is 12.2 Å². The van der Waals surface area contributed by atoms with E-state index in [4.69, 9.17) is 0 Å². The van der Waals surface area contributed by atoms with Gasteiger partial charge in [0.15, 0.2) is 0 Å². The summed E-state index contributed by atoms with van der Waals surface area (Å²) in [5.41, 5.74) is 10.3. The van der Waals surface area contributed by atoms with Gasteiger partial charge in [0.1, 0.15) is 0 Å². The molecule has 4 aromatic rings. The Balaban J connectivity index is 0.000000182. The molecule has 32 heavy (non-hydrogen) atoms. The Labute approximate surface area is 193 Å². The van der Waals surface area contributed by atoms with Gasteiger partial charge in [-0.3, -0.25) is 0 Å². The summed E-state index contributed by atoms with van der Waals surface area (Å²) in [5, 5.41) is 0. The Kier molecular flexibility index (Phi) is 8.40. The summed E-state index contributed by atoms with van der Waals surface area (Å²) in [4.78, 5) is 0. The maximum atomic E-state index is 3.85. The smallest absolute Gasteiger partial charge is 0.00257 e. The molecule has 0 amide bonds. The fourth-order valence-electron chi connectivity index (χ4n) is 3.66. The van der Waals surface area contributed by atoms with Crippen LogP contribution in [0.3, 0.4) is 0 Å². The van der Waals surface area contributed by atoms with Crippen LogP contribution in [-0.4, -0.2) is 0 Å². The zero-order valence-electron chi connectivity index (χ0n) is 19.2. The SMILES string of the molecule is C=Cc1ccc(-c2ccc(C)cc2)cc1.C=Cc1ccc(Cc2ccccc2)cc1CC. The minimum atomic E-state index is 1.01. The molecule has 0 spiro atoms. The lowest BCUT2D eigenvalue weighted by Gasteiger charge is -2.07. The Hall–Kier alpha value is -3.64. The third-order valence-corrected chi connectivity index (χ3v) is 5.59. The normalized spacial score (nSPS) is 10.1. The van der Waals surface area contributed by atoms with Crippen LogP contribution in [0.1, 0.15) is 40.3 Å². The van der Waals surface area contributed by atoms with Crippen LogP contribution in [0.5, 0.6) is 0 Å². The molecule has 0 heterocycles. The fourth-order valence-corrected chi connectivity index (χ4v) is 3.66. The highest BCUT2D eigenvalue weighted by Gasteiger charge is 2.01. The first-order chi connectivity index (χ1) is 15.6. The highest BCUT2D eigenvalue weighted by atomic mass is 14.1. The Morgan fingerprint density at radius 1 is 0.656 bits per heavy atom. The van der Waals surface area contributed by atoms with E-state index in [1.807, 2.05) is 12.2 Å². The molecule has 4 rings (SSSR count). The van der Waals surface area contributed by atoms with E-state index < -0.39 is 0 Å². The van der Waals surface area contributed by atoms with Gasteiger partial charge in [-0.05, 0) is 58.7 Å². The number of benzene rings is 4. The fraction of sp³-hybridized carbons (Fsp3) is 0.125. The van der Waals surface area contributed by atoms with Crippen molar-refractivity contribution in [2.24, 2.45) is 0 Å². The molecular weight excluding hydrogens is 384 g/mol. The van der Waals surface area contributed by atoms with Gasteiger partial charge >= 0.3 is 0 Å². The molecule has 0 N–H and O–H groups in total. The van der Waals surface area contributed by atoms with E-state index in [0.29, 0.717) is 0 Å². The van der Waals surface area contributed by atoms with Crippen LogP contribution in [0.25, 0.3) is 23.3 Å². The Morgan fingerprint density at radius 2 is 1.28 bits per heavy atom. The Morgan fingerprint density at radius 3 is 1.84 bits per heavy atom. The highest BCUT2D eigenvalue weighted by Crippen LogP contribution is 2.20. The molecule has 0 aromatic heterocycles. The molecule has 4 aromatic carbocycles. The molecule has 0 unspecified atom stereocenters. The van der Waals surface area contributed by atoms with Crippen molar-refractivity contribution in [1.29, 1.82) is 0 Å². The second-order valence-corrected chi connectivity index (χ2v) is 7.95. The largest absolute Gasteiger partial charge is 0.0985 e. The number of rotatable bonds is 6. The van der Waals surface area contributed by atoms with Crippen molar-refractivity contribution in [3.8, 4) is 11.1 Å². The molecule has 0 nitrogen and oxygen atoms in total. The van der Waals surface area contributed by atoms with E-state index in [-0.39, 0.29) is 0 Å². The molecule has 0 aliphatic carbocycles. The van der Waals surface area contributed by atoms with Crippen LogP contribution in [-0.2, 0) is 12.8 Å². The van der Waals surface area contributed by atoms with E-state index in [1.165, 1.54) is 38.9 Å². The van der Waals surface area contributed by atoms with Gasteiger partial charge in [-0.25, -0.2) is 0 Å². The quantitative estimate of drug-likeness (QED) is 0.294. The van der Waals surface area contributed by atoms with Crippen molar-refractivity contribution < 1.29 is 0 Å². The zero-order chi connectivity index (χ0) is 22.8. The van der Waals surface area contributed by atoms with E-state index in [2.05, 4.69) is 124 Å². The number of hydrogen-bond donors (Lipinski definition) is 0. The molecule has 0 saturated heterocycles. The van der Waals surface area contributed by atoms with Gasteiger partial charge < -0.3 is 0 Å². The van der Waals surface area contributed by atoms with Gasteiger partial charge in [-0.1, -0.05) is 135 Å². The minimum Gasteiger partial charge on any atom is -0.0985 e. The second kappa shape index (κ2) is 11.7. The van der Waals surface area contributed by atoms with Crippen LogP contribution in [0, 0.1) is 6.92 Å². The lowest BCUT2D eigenvalue weighted by molar-refractivity contribution is 1.10. The molecule has 0 atom stereocenters. The van der Waals surface area contributed by atoms with Gasteiger partial charge in [0, 0.05) is 0 Å². The summed E-state index contributed by atoms with van der Waals surface area (Å²) in [6.45, 7) is 11.9. The zero-order valence-corrected chi connectivity index (χ0v) is 19.2. The van der Waals surface area contributed by atoms with Crippen LogP contribution >= 0.6 is 0 Å². The summed E-state index contributed by atoms with van der Waals surface area (Å²) in [6.07, 6.45) is 5.86. The third kappa shape index (κ3) is 6.43. The average molecular weight is 417 g/mol.